The van der Waals surface area contributed by atoms with Crippen LogP contribution in [0, 0.1) is 0 Å². The molecular weight excluding hydrogens is 380 g/mol. The Bertz CT molecular complexity index is 1040. The number of aliphatic hydroxyl groups excluding tert-OH is 1. The zero-order chi connectivity index (χ0) is 21.9. The van der Waals surface area contributed by atoms with Gasteiger partial charge in [-0.1, -0.05) is 12.1 Å². The molecule has 0 spiro atoms. The minimum Gasteiger partial charge on any atom is -0.497 e. The average molecular weight is 408 g/mol. The number of carbonyl (C=O) groups is 1. The van der Waals surface area contributed by atoms with Gasteiger partial charge in [0, 0.05) is 23.2 Å². The number of amides is 1. The predicted molar refractivity (Wildman–Crippen MR) is 118 cm³/mol. The van der Waals surface area contributed by atoms with Crippen LogP contribution in [-0.2, 0) is 0 Å². The molecule has 0 unspecified atom stereocenters. The Hall–Kier alpha value is -3.12. The molecule has 158 valence electrons. The van der Waals surface area contributed by atoms with Crippen LogP contribution in [0.4, 0.5) is 0 Å². The monoisotopic (exact) mass is 408 g/mol. The highest BCUT2D eigenvalue weighted by molar-refractivity contribution is 6.01. The van der Waals surface area contributed by atoms with Gasteiger partial charge in [0.25, 0.3) is 5.91 Å². The van der Waals surface area contributed by atoms with E-state index in [1.165, 1.54) is 0 Å². The van der Waals surface area contributed by atoms with Gasteiger partial charge in [-0.25, -0.2) is 0 Å². The molecule has 0 saturated heterocycles. The Kier molecular flexibility index (Phi) is 6.27. The molecule has 6 heteroatoms. The number of carbonyl (C=O) groups excluding carboxylic acids is 1. The SMILES string of the molecule is COc1cc(-c2ccc(OC(C)(C)C)cc2)c2ncc(C(=O)N[C@H](C)CO)cc2c1. The number of aliphatic hydroxyl groups is 1. The molecule has 1 atom stereocenters. The van der Waals surface area contributed by atoms with Crippen molar-refractivity contribution in [1.82, 2.24) is 10.3 Å². The van der Waals surface area contributed by atoms with Crippen molar-refractivity contribution in [2.24, 2.45) is 0 Å². The second kappa shape index (κ2) is 8.71. The highest BCUT2D eigenvalue weighted by Crippen LogP contribution is 2.33. The summed E-state index contributed by atoms with van der Waals surface area (Å²) in [5.41, 5.74) is 2.81. The smallest absolute Gasteiger partial charge is 0.253 e. The van der Waals surface area contributed by atoms with Gasteiger partial charge < -0.3 is 19.9 Å². The molecule has 1 aromatic heterocycles. The van der Waals surface area contributed by atoms with Gasteiger partial charge in [0.05, 0.1) is 24.8 Å². The summed E-state index contributed by atoms with van der Waals surface area (Å²) in [5.74, 6) is 1.19. The van der Waals surface area contributed by atoms with Gasteiger partial charge in [0.2, 0.25) is 0 Å². The van der Waals surface area contributed by atoms with E-state index in [4.69, 9.17) is 14.6 Å². The van der Waals surface area contributed by atoms with Crippen LogP contribution in [-0.4, -0.2) is 41.4 Å². The molecule has 0 saturated carbocycles. The lowest BCUT2D eigenvalue weighted by molar-refractivity contribution is 0.0922. The van der Waals surface area contributed by atoms with Crippen molar-refractivity contribution in [1.29, 1.82) is 0 Å². The van der Waals surface area contributed by atoms with E-state index in [9.17, 15) is 4.79 Å². The Morgan fingerprint density at radius 3 is 2.43 bits per heavy atom. The van der Waals surface area contributed by atoms with E-state index in [1.807, 2.05) is 57.2 Å². The molecule has 1 heterocycles. The van der Waals surface area contributed by atoms with E-state index in [1.54, 1.807) is 26.3 Å². The summed E-state index contributed by atoms with van der Waals surface area (Å²) in [6, 6.07) is 13.1. The normalized spacial score (nSPS) is 12.5. The summed E-state index contributed by atoms with van der Waals surface area (Å²) in [7, 11) is 1.61. The Morgan fingerprint density at radius 2 is 1.83 bits per heavy atom. The van der Waals surface area contributed by atoms with Gasteiger partial charge in [-0.2, -0.15) is 0 Å². The number of hydrogen-bond acceptors (Lipinski definition) is 5. The third kappa shape index (κ3) is 5.07. The van der Waals surface area contributed by atoms with Crippen LogP contribution in [0.25, 0.3) is 22.0 Å². The zero-order valence-corrected chi connectivity index (χ0v) is 18.0. The third-order valence-electron chi connectivity index (χ3n) is 4.50. The number of pyridine rings is 1. The summed E-state index contributed by atoms with van der Waals surface area (Å²) < 4.78 is 11.4. The van der Waals surface area contributed by atoms with Crippen molar-refractivity contribution in [3.63, 3.8) is 0 Å². The lowest BCUT2D eigenvalue weighted by Gasteiger charge is -2.21. The number of methoxy groups -OCH3 is 1. The lowest BCUT2D eigenvalue weighted by Crippen LogP contribution is -2.35. The second-order valence-electron chi connectivity index (χ2n) is 8.27. The number of benzene rings is 2. The number of nitrogens with zero attached hydrogens (tertiary/aromatic N) is 1. The molecule has 3 rings (SSSR count). The van der Waals surface area contributed by atoms with E-state index < -0.39 is 0 Å². The number of nitrogens with one attached hydrogen (secondary N) is 1. The number of fused-ring (bicyclic) bond motifs is 1. The average Bonchev–Trinajstić information content (AvgIpc) is 2.71. The molecular formula is C24H28N2O4. The van der Waals surface area contributed by atoms with E-state index in [2.05, 4.69) is 10.3 Å². The molecule has 0 fully saturated rings. The maximum absolute atomic E-state index is 12.4. The maximum atomic E-state index is 12.4. The predicted octanol–water partition coefficient (Wildman–Crippen LogP) is 4.20. The van der Waals surface area contributed by atoms with Gasteiger partial charge in [-0.05, 0) is 63.6 Å². The molecule has 3 aromatic rings. The second-order valence-corrected chi connectivity index (χ2v) is 8.27. The van der Waals surface area contributed by atoms with Crippen LogP contribution in [0.3, 0.4) is 0 Å². The fourth-order valence-electron chi connectivity index (χ4n) is 3.09. The van der Waals surface area contributed by atoms with Crippen LogP contribution in [0.15, 0.2) is 48.7 Å². The lowest BCUT2D eigenvalue weighted by atomic mass is 10.0. The molecule has 30 heavy (non-hydrogen) atoms. The highest BCUT2D eigenvalue weighted by atomic mass is 16.5. The fraction of sp³-hybridized carbons (Fsp3) is 0.333. The highest BCUT2D eigenvalue weighted by Gasteiger charge is 2.15. The first kappa shape index (κ1) is 21.6. The summed E-state index contributed by atoms with van der Waals surface area (Å²) in [6.45, 7) is 7.64. The van der Waals surface area contributed by atoms with E-state index in [0.29, 0.717) is 11.3 Å². The molecule has 0 aliphatic rings. The molecule has 6 nitrogen and oxygen atoms in total. The topological polar surface area (TPSA) is 80.7 Å². The first-order valence-corrected chi connectivity index (χ1v) is 9.89. The van der Waals surface area contributed by atoms with E-state index in [0.717, 1.165) is 27.8 Å². The number of ether oxygens (including phenoxy) is 2. The van der Waals surface area contributed by atoms with Gasteiger partial charge in [-0.3, -0.25) is 9.78 Å². The third-order valence-corrected chi connectivity index (χ3v) is 4.50. The van der Waals surface area contributed by atoms with Gasteiger partial charge >= 0.3 is 0 Å². The Morgan fingerprint density at radius 1 is 1.13 bits per heavy atom. The van der Waals surface area contributed by atoms with Crippen LogP contribution in [0.2, 0.25) is 0 Å². The van der Waals surface area contributed by atoms with Crippen molar-refractivity contribution in [2.45, 2.75) is 39.3 Å². The van der Waals surface area contributed by atoms with Gasteiger partial charge in [0.15, 0.2) is 0 Å². The van der Waals surface area contributed by atoms with Crippen LogP contribution >= 0.6 is 0 Å². The summed E-state index contributed by atoms with van der Waals surface area (Å²) in [6.07, 6.45) is 1.55. The molecule has 2 aromatic carbocycles. The summed E-state index contributed by atoms with van der Waals surface area (Å²) in [5, 5.41) is 12.7. The van der Waals surface area contributed by atoms with Crippen molar-refractivity contribution < 1.29 is 19.4 Å². The van der Waals surface area contributed by atoms with Gasteiger partial charge in [-0.15, -0.1) is 0 Å². The fourth-order valence-corrected chi connectivity index (χ4v) is 3.09. The molecule has 2 N–H and O–H groups in total. The molecule has 0 aliphatic carbocycles. The minimum absolute atomic E-state index is 0.125. The zero-order valence-electron chi connectivity index (χ0n) is 18.0. The Labute approximate surface area is 176 Å². The molecule has 1 amide bonds. The molecule has 0 aliphatic heterocycles. The maximum Gasteiger partial charge on any atom is 0.253 e. The number of rotatable bonds is 6. The largest absolute Gasteiger partial charge is 0.497 e. The quantitative estimate of drug-likeness (QED) is 0.639. The summed E-state index contributed by atoms with van der Waals surface area (Å²) in [4.78, 5) is 17.0. The minimum atomic E-state index is -0.331. The number of aromatic nitrogens is 1. The van der Waals surface area contributed by atoms with Crippen LogP contribution in [0.1, 0.15) is 38.1 Å². The van der Waals surface area contributed by atoms with E-state index >= 15 is 0 Å². The van der Waals surface area contributed by atoms with Crippen LogP contribution in [0.5, 0.6) is 11.5 Å². The van der Waals surface area contributed by atoms with Crippen LogP contribution < -0.4 is 14.8 Å². The molecule has 0 bridgehead atoms. The standard InChI is InChI=1S/C24H28N2O4/c1-15(14-27)26-23(28)18-10-17-11-20(29-5)12-21(22(17)25-13-18)16-6-8-19(9-7-16)30-24(2,3)4/h6-13,15,27H,14H2,1-5H3,(H,26,28)/t15-/m1/s1. The van der Waals surface area contributed by atoms with Gasteiger partial charge in [0.1, 0.15) is 17.1 Å². The summed E-state index contributed by atoms with van der Waals surface area (Å²) >= 11 is 0. The number of hydrogen-bond donors (Lipinski definition) is 2. The van der Waals surface area contributed by atoms with Crippen molar-refractivity contribution in [3.05, 3.63) is 54.2 Å². The first-order valence-electron chi connectivity index (χ1n) is 9.89. The first-order chi connectivity index (χ1) is 14.2. The van der Waals surface area contributed by atoms with Crippen molar-refractivity contribution >= 4 is 16.8 Å². The molecule has 0 radical (unpaired) electrons. The Balaban J connectivity index is 2.01. The van der Waals surface area contributed by atoms with Crippen molar-refractivity contribution in [3.8, 4) is 22.6 Å². The van der Waals surface area contributed by atoms with E-state index in [-0.39, 0.29) is 24.2 Å². The van der Waals surface area contributed by atoms with Crippen molar-refractivity contribution in [2.75, 3.05) is 13.7 Å².